The minimum absolute atomic E-state index is 1.07. The second-order valence-corrected chi connectivity index (χ2v) is 6.93. The summed E-state index contributed by atoms with van der Waals surface area (Å²) in [5, 5.41) is 0. The highest BCUT2D eigenvalue weighted by Gasteiger charge is 1.93. The molecule has 0 unspecified atom stereocenters. The smallest absolute Gasteiger partial charge is 0.0113 e. The molecule has 0 saturated carbocycles. The Labute approximate surface area is 146 Å². The van der Waals surface area contributed by atoms with Gasteiger partial charge in [0.1, 0.15) is 0 Å². The summed E-state index contributed by atoms with van der Waals surface area (Å²) >= 11 is 0. The van der Waals surface area contributed by atoms with Crippen molar-refractivity contribution in [3.05, 3.63) is 0 Å². The zero-order valence-electron chi connectivity index (χ0n) is 16.2. The Kier molecular flexibility index (Phi) is 21.8. The van der Waals surface area contributed by atoms with Gasteiger partial charge in [-0.2, -0.15) is 5.53 Å². The van der Waals surface area contributed by atoms with E-state index in [2.05, 4.69) is 30.2 Å². The van der Waals surface area contributed by atoms with Crippen LogP contribution in [-0.4, -0.2) is 13.1 Å². The molecule has 0 aromatic heterocycles. The van der Waals surface area contributed by atoms with Crippen molar-refractivity contribution in [3.8, 4) is 0 Å². The maximum Gasteiger partial charge on any atom is 0.0113 e. The Morgan fingerprint density at radius 1 is 0.391 bits per heavy atom. The van der Waals surface area contributed by atoms with Gasteiger partial charge in [0.25, 0.3) is 0 Å². The van der Waals surface area contributed by atoms with E-state index in [-0.39, 0.29) is 0 Å². The van der Waals surface area contributed by atoms with Crippen molar-refractivity contribution < 1.29 is 0 Å². The first kappa shape index (κ1) is 22.9. The molecule has 0 fully saturated rings. The molecule has 0 atom stereocenters. The van der Waals surface area contributed by atoms with Crippen LogP contribution in [0.4, 0.5) is 0 Å². The molecule has 0 aromatic carbocycles. The summed E-state index contributed by atoms with van der Waals surface area (Å²) < 4.78 is 0. The average molecular weight is 328 g/mol. The van der Waals surface area contributed by atoms with Crippen LogP contribution in [0.2, 0.25) is 0 Å². The van der Waals surface area contributed by atoms with Crippen LogP contribution in [0.25, 0.3) is 0 Å². The standard InChI is InChI=1S/C20H45N3/c1-3-5-7-9-11-13-15-17-19-21-23-22-20-18-16-14-12-10-8-6-4-2/h21-23H,3-20H2,1-2H3. The Balaban J connectivity index is 2.92. The molecule has 0 aliphatic rings. The third kappa shape index (κ3) is 21.9. The van der Waals surface area contributed by atoms with E-state index in [1.54, 1.807) is 0 Å². The first-order valence-corrected chi connectivity index (χ1v) is 10.6. The van der Waals surface area contributed by atoms with Gasteiger partial charge >= 0.3 is 0 Å². The van der Waals surface area contributed by atoms with Crippen LogP contribution in [0.15, 0.2) is 0 Å². The molecule has 0 radical (unpaired) electrons. The topological polar surface area (TPSA) is 36.1 Å². The molecule has 0 saturated heterocycles. The van der Waals surface area contributed by atoms with Crippen LogP contribution >= 0.6 is 0 Å². The normalized spacial score (nSPS) is 11.2. The first-order valence-electron chi connectivity index (χ1n) is 10.6. The minimum Gasteiger partial charge on any atom is -0.244 e. The zero-order chi connectivity index (χ0) is 16.8. The van der Waals surface area contributed by atoms with E-state index in [1.807, 2.05) is 0 Å². The summed E-state index contributed by atoms with van der Waals surface area (Å²) in [6.07, 6.45) is 22.2. The minimum atomic E-state index is 1.07. The molecule has 23 heavy (non-hydrogen) atoms. The third-order valence-electron chi connectivity index (χ3n) is 4.49. The van der Waals surface area contributed by atoms with Crippen LogP contribution in [-0.2, 0) is 0 Å². The van der Waals surface area contributed by atoms with Crippen LogP contribution in [0, 0.1) is 0 Å². The van der Waals surface area contributed by atoms with Crippen molar-refractivity contribution in [2.45, 2.75) is 117 Å². The quantitative estimate of drug-likeness (QED) is 0.193. The van der Waals surface area contributed by atoms with Gasteiger partial charge in [-0.15, -0.1) is 0 Å². The van der Waals surface area contributed by atoms with Crippen LogP contribution < -0.4 is 16.4 Å². The number of hydrogen-bond donors (Lipinski definition) is 3. The largest absolute Gasteiger partial charge is 0.244 e. The van der Waals surface area contributed by atoms with E-state index in [0.29, 0.717) is 0 Å². The molecule has 3 heteroatoms. The van der Waals surface area contributed by atoms with Gasteiger partial charge in [0.15, 0.2) is 0 Å². The molecule has 0 amide bonds. The van der Waals surface area contributed by atoms with Crippen molar-refractivity contribution in [2.24, 2.45) is 0 Å². The van der Waals surface area contributed by atoms with E-state index < -0.39 is 0 Å². The first-order chi connectivity index (χ1) is 11.4. The van der Waals surface area contributed by atoms with E-state index in [0.717, 1.165) is 13.1 Å². The van der Waals surface area contributed by atoms with Crippen molar-refractivity contribution in [3.63, 3.8) is 0 Å². The van der Waals surface area contributed by atoms with Crippen LogP contribution in [0.3, 0.4) is 0 Å². The van der Waals surface area contributed by atoms with E-state index in [1.165, 1.54) is 103 Å². The molecule has 0 aromatic rings. The molecule has 140 valence electrons. The Hall–Kier alpha value is -0.120. The highest BCUT2D eigenvalue weighted by Crippen LogP contribution is 2.08. The predicted octanol–water partition coefficient (Wildman–Crippen LogP) is 5.87. The maximum absolute atomic E-state index is 3.26. The SMILES string of the molecule is CCCCCCCCCCNNNCCCCCCCCCC. The molecule has 3 N–H and O–H groups in total. The number of hydrazine groups is 2. The molecule has 3 nitrogen and oxygen atoms in total. The second kappa shape index (κ2) is 21.9. The van der Waals surface area contributed by atoms with Crippen molar-refractivity contribution in [1.29, 1.82) is 0 Å². The van der Waals surface area contributed by atoms with E-state index in [4.69, 9.17) is 0 Å². The van der Waals surface area contributed by atoms with Crippen molar-refractivity contribution in [1.82, 2.24) is 16.4 Å². The van der Waals surface area contributed by atoms with Crippen molar-refractivity contribution in [2.75, 3.05) is 13.1 Å². The summed E-state index contributed by atoms with van der Waals surface area (Å²) in [5.41, 5.74) is 9.64. The fraction of sp³-hybridized carbons (Fsp3) is 1.00. The molecular formula is C20H45N3. The number of nitrogens with one attached hydrogen (secondary N) is 3. The van der Waals surface area contributed by atoms with Gasteiger partial charge in [-0.3, -0.25) is 0 Å². The van der Waals surface area contributed by atoms with Crippen molar-refractivity contribution >= 4 is 0 Å². The monoisotopic (exact) mass is 327 g/mol. The Morgan fingerprint density at radius 3 is 1.04 bits per heavy atom. The van der Waals surface area contributed by atoms with Gasteiger partial charge in [-0.1, -0.05) is 104 Å². The van der Waals surface area contributed by atoms with E-state index >= 15 is 0 Å². The number of unbranched alkanes of at least 4 members (excludes halogenated alkanes) is 14. The lowest BCUT2D eigenvalue weighted by Gasteiger charge is -2.08. The van der Waals surface area contributed by atoms with Gasteiger partial charge in [-0.25, -0.2) is 10.9 Å². The molecule has 0 aliphatic heterocycles. The fourth-order valence-electron chi connectivity index (χ4n) is 2.88. The fourth-order valence-corrected chi connectivity index (χ4v) is 2.88. The molecule has 0 heterocycles. The van der Waals surface area contributed by atoms with Gasteiger partial charge in [0, 0.05) is 13.1 Å². The highest BCUT2D eigenvalue weighted by molar-refractivity contribution is 4.49. The lowest BCUT2D eigenvalue weighted by Crippen LogP contribution is -2.44. The van der Waals surface area contributed by atoms with Gasteiger partial charge in [0.05, 0.1) is 0 Å². The zero-order valence-corrected chi connectivity index (χ0v) is 16.2. The van der Waals surface area contributed by atoms with Crippen LogP contribution in [0.5, 0.6) is 0 Å². The Bertz CT molecular complexity index is 177. The molecule has 0 rings (SSSR count). The van der Waals surface area contributed by atoms with E-state index in [9.17, 15) is 0 Å². The Morgan fingerprint density at radius 2 is 0.696 bits per heavy atom. The van der Waals surface area contributed by atoms with Gasteiger partial charge in [-0.05, 0) is 12.8 Å². The lowest BCUT2D eigenvalue weighted by molar-refractivity contribution is 0.413. The number of hydrogen-bond acceptors (Lipinski definition) is 3. The van der Waals surface area contributed by atoms with Gasteiger partial charge in [0.2, 0.25) is 0 Å². The average Bonchev–Trinajstić information content (AvgIpc) is 2.57. The third-order valence-corrected chi connectivity index (χ3v) is 4.49. The lowest BCUT2D eigenvalue weighted by atomic mass is 10.1. The van der Waals surface area contributed by atoms with Gasteiger partial charge < -0.3 is 0 Å². The molecule has 0 bridgehead atoms. The summed E-state index contributed by atoms with van der Waals surface area (Å²) in [4.78, 5) is 0. The molecule has 0 aliphatic carbocycles. The number of rotatable bonds is 20. The predicted molar refractivity (Wildman–Crippen MR) is 104 cm³/mol. The molecule has 0 spiro atoms. The highest BCUT2D eigenvalue weighted by atomic mass is 15.6. The maximum atomic E-state index is 3.26. The summed E-state index contributed by atoms with van der Waals surface area (Å²) in [7, 11) is 0. The summed E-state index contributed by atoms with van der Waals surface area (Å²) in [6.45, 7) is 6.70. The summed E-state index contributed by atoms with van der Waals surface area (Å²) in [5.74, 6) is 0. The molecular weight excluding hydrogens is 282 g/mol. The summed E-state index contributed by atoms with van der Waals surface area (Å²) in [6, 6.07) is 0. The van der Waals surface area contributed by atoms with Crippen LogP contribution in [0.1, 0.15) is 117 Å². The second-order valence-electron chi connectivity index (χ2n) is 6.93.